The average Bonchev–Trinajstić information content (AvgIpc) is 2.83. The minimum absolute atomic E-state index is 0.705. The Kier molecular flexibility index (Phi) is 9.54. The zero-order valence-electron chi connectivity index (χ0n) is 17.9. The predicted molar refractivity (Wildman–Crippen MR) is 103 cm³/mol. The molecule has 0 bridgehead atoms. The number of hydrogen-bond donors (Lipinski definition) is 11. The Balaban J connectivity index is 1.72. The van der Waals surface area contributed by atoms with Crippen LogP contribution in [0.4, 0.5) is 0 Å². The smallest absolute Gasteiger partial charge is 0.187 e. The Morgan fingerprint density at radius 3 is 1.50 bits per heavy atom. The highest BCUT2D eigenvalue weighted by atomic mass is 16.7. The minimum Gasteiger partial charge on any atom is -0.394 e. The predicted octanol–water partition coefficient (Wildman–Crippen LogP) is -7.61. The summed E-state index contributed by atoms with van der Waals surface area (Å²) in [4.78, 5) is 0. The van der Waals surface area contributed by atoms with Crippen molar-refractivity contribution in [2.75, 3.05) is 19.8 Å². The van der Waals surface area contributed by atoms with Crippen LogP contribution in [-0.4, -0.2) is 163 Å². The molecule has 3 saturated heterocycles. The Morgan fingerprint density at radius 2 is 0.971 bits per heavy atom. The first-order chi connectivity index (χ1) is 16.0. The number of ether oxygens (including phenoxy) is 5. The number of aliphatic hydroxyl groups is 10. The average molecular weight is 503 g/mol. The van der Waals surface area contributed by atoms with Crippen LogP contribution in [0.25, 0.3) is 0 Å². The molecule has 0 amide bonds. The Morgan fingerprint density at radius 1 is 0.529 bits per heavy atom. The third-order valence-electron chi connectivity index (χ3n) is 6.17. The molecule has 0 aromatic heterocycles. The largest absolute Gasteiger partial charge is 0.394 e. The molecule has 3 heterocycles. The molecule has 0 radical (unpaired) electrons. The van der Waals surface area contributed by atoms with E-state index in [1.54, 1.807) is 0 Å². The first kappa shape index (κ1) is 27.9. The van der Waals surface area contributed by atoms with Gasteiger partial charge in [0.2, 0.25) is 0 Å². The Bertz CT molecular complexity index is 640. The van der Waals surface area contributed by atoms with Gasteiger partial charge in [-0.3, -0.25) is 0 Å². The van der Waals surface area contributed by atoms with Crippen LogP contribution >= 0.6 is 0 Å². The van der Waals surface area contributed by atoms with Gasteiger partial charge in [-0.1, -0.05) is 0 Å². The van der Waals surface area contributed by atoms with Crippen molar-refractivity contribution in [1.82, 2.24) is 0 Å². The second-order valence-corrected chi connectivity index (χ2v) is 8.42. The van der Waals surface area contributed by atoms with Crippen LogP contribution in [0.1, 0.15) is 0 Å². The minimum atomic E-state index is -1.87. The van der Waals surface area contributed by atoms with Gasteiger partial charge in [-0.25, -0.2) is 0 Å². The van der Waals surface area contributed by atoms with Gasteiger partial charge in [-0.05, 0) is 0 Å². The third kappa shape index (κ3) is 5.37. The molecule has 3 aliphatic heterocycles. The summed E-state index contributed by atoms with van der Waals surface area (Å²) >= 11 is 0. The molecule has 200 valence electrons. The zero-order valence-corrected chi connectivity index (χ0v) is 17.9. The second-order valence-electron chi connectivity index (χ2n) is 8.42. The summed E-state index contributed by atoms with van der Waals surface area (Å²) < 4.78 is 26.7. The molecule has 3 aliphatic rings. The van der Waals surface area contributed by atoms with E-state index in [-0.39, 0.29) is 0 Å². The third-order valence-corrected chi connectivity index (χ3v) is 6.17. The second kappa shape index (κ2) is 11.6. The van der Waals surface area contributed by atoms with Gasteiger partial charge < -0.3 is 80.5 Å². The van der Waals surface area contributed by atoms with E-state index in [9.17, 15) is 51.1 Å². The van der Waals surface area contributed by atoms with Gasteiger partial charge in [0.1, 0.15) is 67.1 Å². The first-order valence-corrected chi connectivity index (χ1v) is 10.7. The molecule has 16 nitrogen and oxygen atoms in total. The molecule has 0 aromatic carbocycles. The van der Waals surface area contributed by atoms with E-state index in [1.165, 1.54) is 0 Å². The SMILES string of the molecule is N[C@H]1[C@@H](O)[C@H](O[C@H]2O[C@@H](CO)[C@H](O[C@@H]3O[C@H](CO)[C@@H](O)[C@@H](O)[C@@H]3O)[C@@H](O)[C@@H]2O)[C@@H](CO)O[C@H]1O. The molecule has 12 N–H and O–H groups in total. The topological polar surface area (TPSA) is 274 Å². The molecule has 0 spiro atoms. The summed E-state index contributed by atoms with van der Waals surface area (Å²) in [6.07, 6.45) is -22.4. The highest BCUT2D eigenvalue weighted by Gasteiger charge is 2.53. The van der Waals surface area contributed by atoms with Crippen LogP contribution in [0.5, 0.6) is 0 Å². The van der Waals surface area contributed by atoms with E-state index < -0.39 is 112 Å². The van der Waals surface area contributed by atoms with Gasteiger partial charge in [-0.15, -0.1) is 0 Å². The first-order valence-electron chi connectivity index (χ1n) is 10.7. The van der Waals surface area contributed by atoms with Crippen LogP contribution in [0.2, 0.25) is 0 Å². The molecule has 16 heteroatoms. The summed E-state index contributed by atoms with van der Waals surface area (Å²) in [7, 11) is 0. The Labute approximate surface area is 193 Å². The van der Waals surface area contributed by atoms with Gasteiger partial charge in [0, 0.05) is 0 Å². The lowest BCUT2D eigenvalue weighted by atomic mass is 9.95. The van der Waals surface area contributed by atoms with Gasteiger partial charge in [0.25, 0.3) is 0 Å². The maximum atomic E-state index is 10.6. The van der Waals surface area contributed by atoms with Gasteiger partial charge in [0.15, 0.2) is 18.9 Å². The summed E-state index contributed by atoms with van der Waals surface area (Å²) in [6, 6.07) is -1.32. The fourth-order valence-corrected chi connectivity index (χ4v) is 4.09. The van der Waals surface area contributed by atoms with Crippen molar-refractivity contribution in [3.63, 3.8) is 0 Å². The monoisotopic (exact) mass is 503 g/mol. The Hall–Kier alpha value is -0.640. The van der Waals surface area contributed by atoms with E-state index in [1.807, 2.05) is 0 Å². The number of hydrogen-bond acceptors (Lipinski definition) is 16. The van der Waals surface area contributed by atoms with Crippen LogP contribution in [0.15, 0.2) is 0 Å². The van der Waals surface area contributed by atoms with Crippen molar-refractivity contribution < 1.29 is 74.7 Å². The summed E-state index contributed by atoms with van der Waals surface area (Å²) in [5.41, 5.74) is 5.64. The van der Waals surface area contributed by atoms with Crippen molar-refractivity contribution in [2.45, 2.75) is 92.1 Å². The molecule has 0 aliphatic carbocycles. The van der Waals surface area contributed by atoms with Crippen molar-refractivity contribution in [1.29, 1.82) is 0 Å². The van der Waals surface area contributed by atoms with E-state index in [4.69, 9.17) is 29.4 Å². The highest BCUT2D eigenvalue weighted by molar-refractivity contribution is 4.96. The molecular weight excluding hydrogens is 470 g/mol. The zero-order chi connectivity index (χ0) is 25.3. The fraction of sp³-hybridized carbons (Fsp3) is 1.00. The van der Waals surface area contributed by atoms with Crippen LogP contribution in [0, 0.1) is 0 Å². The lowest BCUT2D eigenvalue weighted by Crippen LogP contribution is -2.67. The van der Waals surface area contributed by atoms with E-state index in [2.05, 4.69) is 0 Å². The lowest BCUT2D eigenvalue weighted by molar-refractivity contribution is -0.373. The number of rotatable bonds is 7. The van der Waals surface area contributed by atoms with E-state index in [0.29, 0.717) is 0 Å². The molecular formula is C18H33NO15. The molecule has 15 atom stereocenters. The van der Waals surface area contributed by atoms with Crippen molar-refractivity contribution >= 4 is 0 Å². The summed E-state index contributed by atoms with van der Waals surface area (Å²) in [5, 5.41) is 99.7. The quantitative estimate of drug-likeness (QED) is 0.154. The van der Waals surface area contributed by atoms with Gasteiger partial charge in [-0.2, -0.15) is 0 Å². The molecule has 0 aromatic rings. The standard InChI is InChI=1S/C18H33NO15/c19-7-9(24)14(5(2-21)30-16(7)29)33-18-13(28)11(26)15(6(3-22)32-18)34-17-12(27)10(25)8(23)4(1-20)31-17/h4-18,20-29H,1-3,19H2/t4-,5-,6+,7+,8-,9-,10-,11+,12+,13+,14-,15+,16-,17+,18-/m1/s1. The summed E-state index contributed by atoms with van der Waals surface area (Å²) in [6.45, 7) is -2.23. The maximum absolute atomic E-state index is 10.6. The van der Waals surface area contributed by atoms with Crippen molar-refractivity contribution in [2.24, 2.45) is 5.73 Å². The molecule has 3 fully saturated rings. The molecule has 34 heavy (non-hydrogen) atoms. The highest BCUT2D eigenvalue weighted by Crippen LogP contribution is 2.31. The lowest BCUT2D eigenvalue weighted by Gasteiger charge is -2.48. The summed E-state index contributed by atoms with van der Waals surface area (Å²) in [5.74, 6) is 0. The van der Waals surface area contributed by atoms with Gasteiger partial charge in [0.05, 0.1) is 25.9 Å². The molecule has 3 rings (SSSR count). The fourth-order valence-electron chi connectivity index (χ4n) is 4.09. The maximum Gasteiger partial charge on any atom is 0.187 e. The van der Waals surface area contributed by atoms with E-state index in [0.717, 1.165) is 0 Å². The van der Waals surface area contributed by atoms with Crippen LogP contribution in [0.3, 0.4) is 0 Å². The number of aliphatic hydroxyl groups excluding tert-OH is 10. The van der Waals surface area contributed by atoms with Gasteiger partial charge >= 0.3 is 0 Å². The van der Waals surface area contributed by atoms with Crippen molar-refractivity contribution in [3.8, 4) is 0 Å². The van der Waals surface area contributed by atoms with E-state index >= 15 is 0 Å². The normalized spacial score (nSPS) is 52.5. The molecule has 0 saturated carbocycles. The van der Waals surface area contributed by atoms with Crippen LogP contribution < -0.4 is 5.73 Å². The number of nitrogens with two attached hydrogens (primary N) is 1. The van der Waals surface area contributed by atoms with Crippen LogP contribution in [-0.2, 0) is 23.7 Å². The van der Waals surface area contributed by atoms with Crippen molar-refractivity contribution in [3.05, 3.63) is 0 Å². The molecule has 0 unspecified atom stereocenters.